The van der Waals surface area contributed by atoms with Gasteiger partial charge in [0.15, 0.2) is 0 Å². The average Bonchev–Trinajstić information content (AvgIpc) is 2.42. The van der Waals surface area contributed by atoms with Crippen LogP contribution < -0.4 is 16.0 Å². The molecule has 0 amide bonds. The summed E-state index contributed by atoms with van der Waals surface area (Å²) in [5.41, 5.74) is 6.38. The van der Waals surface area contributed by atoms with Gasteiger partial charge in [-0.05, 0) is 31.2 Å². The second-order valence-electron chi connectivity index (χ2n) is 3.82. The van der Waals surface area contributed by atoms with Crippen LogP contribution in [-0.4, -0.2) is 16.7 Å². The van der Waals surface area contributed by atoms with Crippen LogP contribution in [0.3, 0.4) is 0 Å². The summed E-state index contributed by atoms with van der Waals surface area (Å²) in [6.07, 6.45) is 1.40. The summed E-state index contributed by atoms with van der Waals surface area (Å²) in [5, 5.41) is 0. The number of hydrogen-bond donors (Lipinski definition) is 1. The third-order valence-corrected chi connectivity index (χ3v) is 2.74. The standard InChI is InChI=1S/C13H15N3O2/c1-3-16-12(15-8-11(14)13(16)17)9-4-6-10(18-2)7-5-9/h4-8H,3,14H2,1-2H3. The highest BCUT2D eigenvalue weighted by Crippen LogP contribution is 2.19. The second-order valence-corrected chi connectivity index (χ2v) is 3.82. The molecule has 0 bridgehead atoms. The van der Waals surface area contributed by atoms with E-state index < -0.39 is 0 Å². The maximum Gasteiger partial charge on any atom is 0.276 e. The number of benzene rings is 1. The minimum Gasteiger partial charge on any atom is -0.497 e. The van der Waals surface area contributed by atoms with Crippen molar-refractivity contribution in [1.82, 2.24) is 9.55 Å². The quantitative estimate of drug-likeness (QED) is 0.890. The van der Waals surface area contributed by atoms with E-state index in [9.17, 15) is 4.79 Å². The van der Waals surface area contributed by atoms with Gasteiger partial charge in [-0.3, -0.25) is 9.36 Å². The lowest BCUT2D eigenvalue weighted by Crippen LogP contribution is -2.24. The first-order valence-corrected chi connectivity index (χ1v) is 5.67. The summed E-state index contributed by atoms with van der Waals surface area (Å²) in [5.74, 6) is 1.37. The minimum absolute atomic E-state index is 0.161. The van der Waals surface area contributed by atoms with E-state index in [-0.39, 0.29) is 11.2 Å². The molecule has 0 unspecified atom stereocenters. The highest BCUT2D eigenvalue weighted by molar-refractivity contribution is 5.57. The van der Waals surface area contributed by atoms with Gasteiger partial charge >= 0.3 is 0 Å². The van der Waals surface area contributed by atoms with Crippen molar-refractivity contribution in [3.05, 3.63) is 40.8 Å². The normalized spacial score (nSPS) is 10.3. The fourth-order valence-corrected chi connectivity index (χ4v) is 1.77. The molecule has 0 saturated heterocycles. The number of nitrogens with two attached hydrogens (primary N) is 1. The van der Waals surface area contributed by atoms with Crippen molar-refractivity contribution < 1.29 is 4.74 Å². The highest BCUT2D eigenvalue weighted by atomic mass is 16.5. The molecule has 0 atom stereocenters. The third-order valence-electron chi connectivity index (χ3n) is 2.74. The molecule has 1 aromatic heterocycles. The largest absolute Gasteiger partial charge is 0.497 e. The van der Waals surface area contributed by atoms with Crippen molar-refractivity contribution in [2.75, 3.05) is 12.8 Å². The predicted octanol–water partition coefficient (Wildman–Crippen LogP) is 1.52. The molecule has 2 aromatic rings. The fraction of sp³-hybridized carbons (Fsp3) is 0.231. The maximum atomic E-state index is 11.9. The van der Waals surface area contributed by atoms with Gasteiger partial charge in [-0.25, -0.2) is 4.98 Å². The number of rotatable bonds is 3. The Bertz CT molecular complexity index is 603. The number of ether oxygens (including phenoxy) is 1. The Morgan fingerprint density at radius 2 is 2.00 bits per heavy atom. The van der Waals surface area contributed by atoms with E-state index >= 15 is 0 Å². The van der Waals surface area contributed by atoms with E-state index in [2.05, 4.69) is 4.98 Å². The molecule has 5 nitrogen and oxygen atoms in total. The number of nitrogens with zero attached hydrogens (tertiary/aromatic N) is 2. The Morgan fingerprint density at radius 1 is 1.33 bits per heavy atom. The zero-order valence-electron chi connectivity index (χ0n) is 10.4. The number of anilines is 1. The van der Waals surface area contributed by atoms with Gasteiger partial charge in [0.25, 0.3) is 5.56 Å². The van der Waals surface area contributed by atoms with Crippen molar-refractivity contribution in [1.29, 1.82) is 0 Å². The van der Waals surface area contributed by atoms with Gasteiger partial charge in [-0.1, -0.05) is 0 Å². The summed E-state index contributed by atoms with van der Waals surface area (Å²) < 4.78 is 6.65. The molecule has 0 spiro atoms. The summed E-state index contributed by atoms with van der Waals surface area (Å²) in [6.45, 7) is 2.41. The Balaban J connectivity index is 2.56. The molecule has 0 saturated carbocycles. The molecule has 0 aliphatic carbocycles. The van der Waals surface area contributed by atoms with Crippen molar-refractivity contribution in [2.45, 2.75) is 13.5 Å². The van der Waals surface area contributed by atoms with Gasteiger partial charge in [-0.15, -0.1) is 0 Å². The second kappa shape index (κ2) is 4.91. The molecule has 5 heteroatoms. The SMILES string of the molecule is CCn1c(-c2ccc(OC)cc2)ncc(N)c1=O. The van der Waals surface area contributed by atoms with E-state index in [0.29, 0.717) is 12.4 Å². The monoisotopic (exact) mass is 245 g/mol. The lowest BCUT2D eigenvalue weighted by molar-refractivity contribution is 0.415. The van der Waals surface area contributed by atoms with Crippen LogP contribution in [0.2, 0.25) is 0 Å². The van der Waals surface area contributed by atoms with Crippen LogP contribution in [0.4, 0.5) is 5.69 Å². The first kappa shape index (κ1) is 12.2. The van der Waals surface area contributed by atoms with Crippen molar-refractivity contribution in [2.24, 2.45) is 0 Å². The number of methoxy groups -OCH3 is 1. The Hall–Kier alpha value is -2.30. The molecule has 0 aliphatic rings. The molecule has 94 valence electrons. The van der Waals surface area contributed by atoms with Crippen LogP contribution in [-0.2, 0) is 6.54 Å². The lowest BCUT2D eigenvalue weighted by atomic mass is 10.2. The average molecular weight is 245 g/mol. The predicted molar refractivity (Wildman–Crippen MR) is 70.6 cm³/mol. The van der Waals surface area contributed by atoms with Gasteiger partial charge in [0, 0.05) is 12.1 Å². The smallest absolute Gasteiger partial charge is 0.276 e. The zero-order valence-corrected chi connectivity index (χ0v) is 10.4. The Labute approximate surface area is 105 Å². The van der Waals surface area contributed by atoms with Gasteiger partial charge in [0.2, 0.25) is 0 Å². The molecule has 2 rings (SSSR count). The molecule has 18 heavy (non-hydrogen) atoms. The van der Waals surface area contributed by atoms with E-state index in [1.54, 1.807) is 11.7 Å². The first-order chi connectivity index (χ1) is 8.67. The van der Waals surface area contributed by atoms with Crippen LogP contribution in [0.15, 0.2) is 35.3 Å². The van der Waals surface area contributed by atoms with E-state index in [1.807, 2.05) is 31.2 Å². The lowest BCUT2D eigenvalue weighted by Gasteiger charge is -2.10. The Morgan fingerprint density at radius 3 is 2.56 bits per heavy atom. The summed E-state index contributed by atoms with van der Waals surface area (Å²) in [7, 11) is 1.61. The summed E-state index contributed by atoms with van der Waals surface area (Å²) >= 11 is 0. The number of hydrogen-bond acceptors (Lipinski definition) is 4. The first-order valence-electron chi connectivity index (χ1n) is 5.67. The van der Waals surface area contributed by atoms with Crippen molar-refractivity contribution in [3.8, 4) is 17.1 Å². The minimum atomic E-state index is -0.210. The van der Waals surface area contributed by atoms with Crippen LogP contribution in [0.5, 0.6) is 5.75 Å². The maximum absolute atomic E-state index is 11.9. The zero-order chi connectivity index (χ0) is 13.1. The molecule has 1 heterocycles. The van der Waals surface area contributed by atoms with Gasteiger partial charge in [0.1, 0.15) is 17.3 Å². The molecule has 1 aromatic carbocycles. The third kappa shape index (κ3) is 2.07. The Kier molecular flexibility index (Phi) is 3.32. The molecule has 0 aliphatic heterocycles. The van der Waals surface area contributed by atoms with Crippen LogP contribution in [0.25, 0.3) is 11.4 Å². The summed E-state index contributed by atoms with van der Waals surface area (Å²) in [4.78, 5) is 16.1. The summed E-state index contributed by atoms with van der Waals surface area (Å²) in [6, 6.07) is 7.39. The van der Waals surface area contributed by atoms with E-state index in [0.717, 1.165) is 11.3 Å². The number of aromatic nitrogens is 2. The van der Waals surface area contributed by atoms with Gasteiger partial charge in [-0.2, -0.15) is 0 Å². The van der Waals surface area contributed by atoms with Crippen LogP contribution >= 0.6 is 0 Å². The topological polar surface area (TPSA) is 70.1 Å². The van der Waals surface area contributed by atoms with Crippen molar-refractivity contribution in [3.63, 3.8) is 0 Å². The fourth-order valence-electron chi connectivity index (χ4n) is 1.77. The number of nitrogen functional groups attached to an aromatic ring is 1. The molecule has 0 fully saturated rings. The van der Waals surface area contributed by atoms with E-state index in [1.165, 1.54) is 6.20 Å². The van der Waals surface area contributed by atoms with E-state index in [4.69, 9.17) is 10.5 Å². The highest BCUT2D eigenvalue weighted by Gasteiger charge is 2.09. The van der Waals surface area contributed by atoms with Crippen LogP contribution in [0, 0.1) is 0 Å². The molecular formula is C13H15N3O2. The molecule has 0 radical (unpaired) electrons. The molecule has 2 N–H and O–H groups in total. The van der Waals surface area contributed by atoms with Crippen molar-refractivity contribution >= 4 is 5.69 Å². The van der Waals surface area contributed by atoms with Gasteiger partial charge < -0.3 is 10.5 Å². The van der Waals surface area contributed by atoms with Crippen LogP contribution in [0.1, 0.15) is 6.92 Å². The van der Waals surface area contributed by atoms with Gasteiger partial charge in [0.05, 0.1) is 13.3 Å². The molecular weight excluding hydrogens is 230 g/mol.